The standard InChI is InChI=1S/C8H10.C3H8.C2H6/c1-7-5-3-4-6-8(7)2;1-3-2;1-2/h3-6H,1-2H3;3H2,1-2H3;1-2H3. The van der Waals surface area contributed by atoms with Crippen molar-refractivity contribution >= 4 is 0 Å². The molecule has 0 heteroatoms. The predicted octanol–water partition coefficient (Wildman–Crippen LogP) is 4.75. The Hall–Kier alpha value is -0.780. The molecule has 0 aliphatic carbocycles. The lowest BCUT2D eigenvalue weighted by molar-refractivity contribution is 1.09. The van der Waals surface area contributed by atoms with Crippen molar-refractivity contribution in [2.75, 3.05) is 0 Å². The fourth-order valence-corrected chi connectivity index (χ4v) is 0.663. The lowest BCUT2D eigenvalue weighted by atomic mass is 10.1. The third-order valence-electron chi connectivity index (χ3n) is 1.43. The van der Waals surface area contributed by atoms with E-state index in [4.69, 9.17) is 0 Å². The molecular weight excluding hydrogens is 156 g/mol. The second kappa shape index (κ2) is 11.2. The molecule has 0 amide bonds. The molecule has 0 saturated heterocycles. The highest BCUT2D eigenvalue weighted by atomic mass is 13.9. The third kappa shape index (κ3) is 9.13. The van der Waals surface area contributed by atoms with Crippen molar-refractivity contribution in [2.45, 2.75) is 48.0 Å². The molecule has 13 heavy (non-hydrogen) atoms. The SMILES string of the molecule is CC.CCC.Cc1ccccc1C. The van der Waals surface area contributed by atoms with Crippen molar-refractivity contribution in [3.05, 3.63) is 35.4 Å². The van der Waals surface area contributed by atoms with Crippen LogP contribution >= 0.6 is 0 Å². The topological polar surface area (TPSA) is 0 Å². The van der Waals surface area contributed by atoms with Gasteiger partial charge in [-0.1, -0.05) is 58.4 Å². The van der Waals surface area contributed by atoms with Crippen molar-refractivity contribution in [3.8, 4) is 0 Å². The maximum absolute atomic E-state index is 2.12. The first-order valence-corrected chi connectivity index (χ1v) is 5.24. The van der Waals surface area contributed by atoms with E-state index in [0.717, 1.165) is 0 Å². The molecule has 1 aromatic carbocycles. The van der Waals surface area contributed by atoms with Gasteiger partial charge in [-0.3, -0.25) is 0 Å². The summed E-state index contributed by atoms with van der Waals surface area (Å²) in [4.78, 5) is 0. The lowest BCUT2D eigenvalue weighted by Crippen LogP contribution is -1.74. The van der Waals surface area contributed by atoms with Gasteiger partial charge in [-0.25, -0.2) is 0 Å². The zero-order valence-corrected chi connectivity index (χ0v) is 10.0. The van der Waals surface area contributed by atoms with Gasteiger partial charge in [0.25, 0.3) is 0 Å². The van der Waals surface area contributed by atoms with Gasteiger partial charge in [0.15, 0.2) is 0 Å². The number of hydrogen-bond acceptors (Lipinski definition) is 0. The van der Waals surface area contributed by atoms with E-state index >= 15 is 0 Å². The Morgan fingerprint density at radius 3 is 1.23 bits per heavy atom. The van der Waals surface area contributed by atoms with Crippen molar-refractivity contribution in [1.29, 1.82) is 0 Å². The molecule has 1 aromatic rings. The summed E-state index contributed by atoms with van der Waals surface area (Å²) in [5.41, 5.74) is 2.74. The summed E-state index contributed by atoms with van der Waals surface area (Å²) in [6.45, 7) is 12.5. The highest BCUT2D eigenvalue weighted by molar-refractivity contribution is 5.23. The number of aryl methyl sites for hydroxylation is 2. The van der Waals surface area contributed by atoms with Crippen LogP contribution in [-0.4, -0.2) is 0 Å². The maximum Gasteiger partial charge on any atom is -0.0395 e. The van der Waals surface area contributed by atoms with E-state index in [9.17, 15) is 0 Å². The monoisotopic (exact) mass is 180 g/mol. The minimum Gasteiger partial charge on any atom is -0.0683 e. The molecule has 76 valence electrons. The minimum atomic E-state index is 1.25. The van der Waals surface area contributed by atoms with E-state index in [2.05, 4.69) is 52.0 Å². The van der Waals surface area contributed by atoms with Gasteiger partial charge in [0, 0.05) is 0 Å². The van der Waals surface area contributed by atoms with Gasteiger partial charge in [0.1, 0.15) is 0 Å². The van der Waals surface area contributed by atoms with Crippen LogP contribution in [0.3, 0.4) is 0 Å². The van der Waals surface area contributed by atoms with E-state index in [1.807, 2.05) is 13.8 Å². The van der Waals surface area contributed by atoms with E-state index in [-0.39, 0.29) is 0 Å². The van der Waals surface area contributed by atoms with Crippen molar-refractivity contribution in [1.82, 2.24) is 0 Å². The van der Waals surface area contributed by atoms with Gasteiger partial charge in [0.05, 0.1) is 0 Å². The second-order valence-electron chi connectivity index (χ2n) is 2.79. The summed E-state index contributed by atoms with van der Waals surface area (Å²) in [7, 11) is 0. The molecular formula is C13H24. The van der Waals surface area contributed by atoms with Crippen LogP contribution < -0.4 is 0 Å². The summed E-state index contributed by atoms with van der Waals surface area (Å²) >= 11 is 0. The summed E-state index contributed by atoms with van der Waals surface area (Å²) < 4.78 is 0. The van der Waals surface area contributed by atoms with E-state index < -0.39 is 0 Å². The lowest BCUT2D eigenvalue weighted by Gasteiger charge is -1.93. The van der Waals surface area contributed by atoms with Gasteiger partial charge in [-0.15, -0.1) is 0 Å². The molecule has 0 saturated carbocycles. The van der Waals surface area contributed by atoms with Crippen molar-refractivity contribution in [3.63, 3.8) is 0 Å². The van der Waals surface area contributed by atoms with Crippen LogP contribution in [0.4, 0.5) is 0 Å². The van der Waals surface area contributed by atoms with E-state index in [1.54, 1.807) is 0 Å². The maximum atomic E-state index is 2.12. The molecule has 1 rings (SSSR count). The Morgan fingerprint density at radius 2 is 1.08 bits per heavy atom. The van der Waals surface area contributed by atoms with Crippen LogP contribution in [0.2, 0.25) is 0 Å². The van der Waals surface area contributed by atoms with Crippen molar-refractivity contribution in [2.24, 2.45) is 0 Å². The molecule has 0 aliphatic rings. The molecule has 0 nitrogen and oxygen atoms in total. The molecule has 0 spiro atoms. The largest absolute Gasteiger partial charge is 0.0683 e. The third-order valence-corrected chi connectivity index (χ3v) is 1.43. The molecule has 0 N–H and O–H groups in total. The van der Waals surface area contributed by atoms with Gasteiger partial charge >= 0.3 is 0 Å². The molecule has 0 aliphatic heterocycles. The summed E-state index contributed by atoms with van der Waals surface area (Å²) in [6, 6.07) is 8.36. The first-order valence-electron chi connectivity index (χ1n) is 5.24. The minimum absolute atomic E-state index is 1.25. The highest BCUT2D eigenvalue weighted by Crippen LogP contribution is 2.02. The van der Waals surface area contributed by atoms with Crippen LogP contribution in [-0.2, 0) is 0 Å². The number of rotatable bonds is 0. The van der Waals surface area contributed by atoms with Gasteiger partial charge in [0.2, 0.25) is 0 Å². The fourth-order valence-electron chi connectivity index (χ4n) is 0.663. The predicted molar refractivity (Wildman–Crippen MR) is 63.2 cm³/mol. The van der Waals surface area contributed by atoms with Crippen molar-refractivity contribution < 1.29 is 0 Å². The highest BCUT2D eigenvalue weighted by Gasteiger charge is 1.83. The fraction of sp³-hybridized carbons (Fsp3) is 0.538. The molecule has 0 fully saturated rings. The first-order chi connectivity index (χ1) is 6.22. The Balaban J connectivity index is 0. The number of hydrogen-bond donors (Lipinski definition) is 0. The quantitative estimate of drug-likeness (QED) is 0.540. The zero-order valence-electron chi connectivity index (χ0n) is 10.0. The van der Waals surface area contributed by atoms with Gasteiger partial charge in [-0.05, 0) is 25.0 Å². The normalized spacial score (nSPS) is 7.54. The van der Waals surface area contributed by atoms with E-state index in [0.29, 0.717) is 0 Å². The molecule has 0 atom stereocenters. The Morgan fingerprint density at radius 1 is 0.846 bits per heavy atom. The Labute approximate surface area is 84.0 Å². The molecule has 0 unspecified atom stereocenters. The smallest absolute Gasteiger partial charge is 0.0395 e. The second-order valence-corrected chi connectivity index (χ2v) is 2.79. The summed E-state index contributed by atoms with van der Waals surface area (Å²) in [5, 5.41) is 0. The van der Waals surface area contributed by atoms with Crippen LogP contribution in [0.15, 0.2) is 24.3 Å². The zero-order chi connectivity index (χ0) is 10.7. The molecule has 0 bridgehead atoms. The van der Waals surface area contributed by atoms with Gasteiger partial charge in [-0.2, -0.15) is 0 Å². The Bertz CT molecular complexity index is 168. The molecule has 0 heterocycles. The number of benzene rings is 1. The average molecular weight is 180 g/mol. The van der Waals surface area contributed by atoms with Crippen LogP contribution in [0.1, 0.15) is 45.2 Å². The van der Waals surface area contributed by atoms with Crippen LogP contribution in [0, 0.1) is 13.8 Å². The molecule has 0 radical (unpaired) electrons. The first kappa shape index (κ1) is 14.7. The molecule has 0 aromatic heterocycles. The average Bonchev–Trinajstić information content (AvgIpc) is 2.15. The summed E-state index contributed by atoms with van der Waals surface area (Å²) in [6.07, 6.45) is 1.25. The van der Waals surface area contributed by atoms with Crippen LogP contribution in [0.5, 0.6) is 0 Å². The van der Waals surface area contributed by atoms with E-state index in [1.165, 1.54) is 17.5 Å². The van der Waals surface area contributed by atoms with Gasteiger partial charge < -0.3 is 0 Å². The Kier molecular flexibility index (Phi) is 12.7. The summed E-state index contributed by atoms with van der Waals surface area (Å²) in [5.74, 6) is 0. The van der Waals surface area contributed by atoms with Crippen LogP contribution in [0.25, 0.3) is 0 Å².